The van der Waals surface area contributed by atoms with E-state index in [0.717, 1.165) is 0 Å². The molecule has 0 aliphatic carbocycles. The van der Waals surface area contributed by atoms with Gasteiger partial charge in [-0.05, 0) is 12.7 Å². The largest absolute Gasteiger partial charge is 0.480 e. The fraction of sp³-hybridized carbons (Fsp3) is 0.750. The minimum Gasteiger partial charge on any atom is -0.480 e. The van der Waals surface area contributed by atoms with Gasteiger partial charge in [0, 0.05) is 31.8 Å². The average Bonchev–Trinajstić information content (AvgIpc) is 2.99. The van der Waals surface area contributed by atoms with Crippen LogP contribution in [-0.4, -0.2) is 76.9 Å². The minimum atomic E-state index is -1.36. The van der Waals surface area contributed by atoms with E-state index in [1.165, 1.54) is 6.34 Å². The van der Waals surface area contributed by atoms with Gasteiger partial charge in [-0.15, -0.1) is 0 Å². The predicted octanol–water partition coefficient (Wildman–Crippen LogP) is -1.57. The van der Waals surface area contributed by atoms with Gasteiger partial charge in [-0.2, -0.15) is 0 Å². The monoisotopic (exact) mass is 296 g/mol. The van der Waals surface area contributed by atoms with Gasteiger partial charge < -0.3 is 20.9 Å². The highest BCUT2D eigenvalue weighted by Gasteiger charge is 2.49. The first kappa shape index (κ1) is 16.1. The smallest absolute Gasteiger partial charge is 0.451 e. The van der Waals surface area contributed by atoms with Crippen molar-refractivity contribution < 1.29 is 19.9 Å². The molecule has 8 nitrogen and oxygen atoms in total. The highest BCUT2D eigenvalue weighted by atomic mass is 16.4. The fourth-order valence-corrected chi connectivity index (χ4v) is 2.97. The SMILES string of the molecule is N[C@@]1(C(=O)O)CN(CC2C=NC=N2)C[C@@H]1CCCB(O)O. The lowest BCUT2D eigenvalue weighted by atomic mass is 9.78. The van der Waals surface area contributed by atoms with Gasteiger partial charge in [0.05, 0.1) is 6.04 Å². The van der Waals surface area contributed by atoms with Gasteiger partial charge in [0.25, 0.3) is 0 Å². The summed E-state index contributed by atoms with van der Waals surface area (Å²) in [4.78, 5) is 21.6. The lowest BCUT2D eigenvalue weighted by Crippen LogP contribution is -2.55. The molecule has 3 atom stereocenters. The molecule has 0 aromatic heterocycles. The molecule has 2 aliphatic heterocycles. The number of rotatable bonds is 7. The summed E-state index contributed by atoms with van der Waals surface area (Å²) in [6, 6.07) is -0.0407. The summed E-state index contributed by atoms with van der Waals surface area (Å²) >= 11 is 0. The Kier molecular flexibility index (Phi) is 5.10. The van der Waals surface area contributed by atoms with E-state index in [0.29, 0.717) is 25.9 Å². The van der Waals surface area contributed by atoms with Crippen molar-refractivity contribution >= 4 is 25.6 Å². The van der Waals surface area contributed by atoms with Gasteiger partial charge in [0.15, 0.2) is 0 Å². The first-order valence-corrected chi connectivity index (χ1v) is 7.07. The van der Waals surface area contributed by atoms with Gasteiger partial charge in [0.2, 0.25) is 0 Å². The standard InChI is InChI=1S/C12H21BN4O4/c14-12(11(18)19)7-17(6-10-4-15-8-16-10)5-9(12)2-1-3-13(20)21/h4,8-10,20-21H,1-3,5-7,14H2,(H,18,19)/t9-,10?,12-/m0/s1. The summed E-state index contributed by atoms with van der Waals surface area (Å²) in [7, 11) is -1.36. The Morgan fingerprint density at radius 3 is 2.86 bits per heavy atom. The van der Waals surface area contributed by atoms with Crippen molar-refractivity contribution in [3.63, 3.8) is 0 Å². The average molecular weight is 296 g/mol. The number of carbonyl (C=O) groups is 1. The van der Waals surface area contributed by atoms with Crippen LogP contribution in [0.4, 0.5) is 0 Å². The third kappa shape index (κ3) is 3.88. The molecule has 2 heterocycles. The Morgan fingerprint density at radius 2 is 2.29 bits per heavy atom. The lowest BCUT2D eigenvalue weighted by molar-refractivity contribution is -0.144. The van der Waals surface area contributed by atoms with E-state index in [2.05, 4.69) is 9.98 Å². The number of nitrogens with two attached hydrogens (primary N) is 1. The number of carboxylic acid groups (broad SMARTS) is 1. The summed E-state index contributed by atoms with van der Waals surface area (Å²) in [6.45, 7) is 1.45. The third-order valence-corrected chi connectivity index (χ3v) is 4.13. The van der Waals surface area contributed by atoms with Gasteiger partial charge in [-0.1, -0.05) is 6.42 Å². The van der Waals surface area contributed by atoms with E-state index in [1.807, 2.05) is 4.90 Å². The molecule has 0 saturated carbocycles. The molecule has 1 fully saturated rings. The van der Waals surface area contributed by atoms with Crippen LogP contribution in [0.25, 0.3) is 0 Å². The number of hydrogen-bond donors (Lipinski definition) is 4. The summed E-state index contributed by atoms with van der Waals surface area (Å²) in [6.07, 6.45) is 4.54. The number of likely N-dealkylation sites (tertiary alicyclic amines) is 1. The van der Waals surface area contributed by atoms with E-state index in [-0.39, 0.29) is 24.8 Å². The first-order chi connectivity index (χ1) is 9.91. The molecule has 0 amide bonds. The number of carboxylic acids is 1. The maximum Gasteiger partial charge on any atom is 0.451 e. The van der Waals surface area contributed by atoms with Crippen molar-refractivity contribution in [2.75, 3.05) is 19.6 Å². The highest BCUT2D eigenvalue weighted by Crippen LogP contribution is 2.30. The van der Waals surface area contributed by atoms with Gasteiger partial charge in [-0.25, -0.2) is 4.99 Å². The zero-order valence-corrected chi connectivity index (χ0v) is 11.8. The van der Waals surface area contributed by atoms with E-state index >= 15 is 0 Å². The van der Waals surface area contributed by atoms with Crippen LogP contribution in [0.5, 0.6) is 0 Å². The Hall–Kier alpha value is -1.29. The lowest BCUT2D eigenvalue weighted by Gasteiger charge is -2.25. The van der Waals surface area contributed by atoms with Crippen molar-refractivity contribution in [1.82, 2.24) is 4.90 Å². The topological polar surface area (TPSA) is 132 Å². The Balaban J connectivity index is 1.94. The maximum absolute atomic E-state index is 11.5. The second kappa shape index (κ2) is 6.65. The van der Waals surface area contributed by atoms with Crippen LogP contribution in [0.3, 0.4) is 0 Å². The zero-order chi connectivity index (χ0) is 15.5. The van der Waals surface area contributed by atoms with E-state index < -0.39 is 18.6 Å². The third-order valence-electron chi connectivity index (χ3n) is 4.13. The van der Waals surface area contributed by atoms with Crippen LogP contribution in [0, 0.1) is 5.92 Å². The molecule has 21 heavy (non-hydrogen) atoms. The van der Waals surface area contributed by atoms with E-state index in [1.54, 1.807) is 6.21 Å². The van der Waals surface area contributed by atoms with Crippen LogP contribution in [0.15, 0.2) is 9.98 Å². The maximum atomic E-state index is 11.5. The van der Waals surface area contributed by atoms with Crippen molar-refractivity contribution in [2.24, 2.45) is 21.6 Å². The van der Waals surface area contributed by atoms with Crippen molar-refractivity contribution in [3.8, 4) is 0 Å². The molecule has 0 aromatic rings. The molecule has 0 bridgehead atoms. The quantitative estimate of drug-likeness (QED) is 0.420. The molecular weight excluding hydrogens is 275 g/mol. The van der Waals surface area contributed by atoms with Crippen molar-refractivity contribution in [1.29, 1.82) is 0 Å². The molecule has 0 radical (unpaired) electrons. The summed E-state index contributed by atoms with van der Waals surface area (Å²) in [5.41, 5.74) is 4.80. The Labute approximate surface area is 123 Å². The second-order valence-electron chi connectivity index (χ2n) is 5.78. The van der Waals surface area contributed by atoms with Crippen LogP contribution in [0.2, 0.25) is 6.32 Å². The summed E-state index contributed by atoms with van der Waals surface area (Å²) in [5, 5.41) is 27.2. The predicted molar refractivity (Wildman–Crippen MR) is 79.5 cm³/mol. The summed E-state index contributed by atoms with van der Waals surface area (Å²) in [5.74, 6) is -1.22. The molecule has 1 saturated heterocycles. The van der Waals surface area contributed by atoms with Crippen LogP contribution < -0.4 is 5.73 Å². The molecule has 1 unspecified atom stereocenters. The molecule has 2 rings (SSSR count). The molecule has 0 aromatic carbocycles. The normalized spacial score (nSPS) is 32.0. The molecular formula is C12H21BN4O4. The van der Waals surface area contributed by atoms with Gasteiger partial charge in [0.1, 0.15) is 11.9 Å². The van der Waals surface area contributed by atoms with Gasteiger partial charge >= 0.3 is 13.1 Å². The summed E-state index contributed by atoms with van der Waals surface area (Å²) < 4.78 is 0. The molecule has 0 spiro atoms. The Morgan fingerprint density at radius 1 is 1.52 bits per heavy atom. The fourth-order valence-electron chi connectivity index (χ4n) is 2.97. The van der Waals surface area contributed by atoms with Crippen LogP contribution in [-0.2, 0) is 4.79 Å². The van der Waals surface area contributed by atoms with Gasteiger partial charge in [-0.3, -0.25) is 14.7 Å². The van der Waals surface area contributed by atoms with Crippen LogP contribution >= 0.6 is 0 Å². The number of aliphatic carboxylic acids is 1. The second-order valence-corrected chi connectivity index (χ2v) is 5.78. The van der Waals surface area contributed by atoms with Crippen molar-refractivity contribution in [3.05, 3.63) is 0 Å². The number of hydrogen-bond acceptors (Lipinski definition) is 7. The molecule has 9 heteroatoms. The molecule has 2 aliphatic rings. The number of aliphatic imine (C=N–C) groups is 2. The van der Waals surface area contributed by atoms with E-state index in [4.69, 9.17) is 15.8 Å². The van der Waals surface area contributed by atoms with Crippen molar-refractivity contribution in [2.45, 2.75) is 30.7 Å². The molecule has 5 N–H and O–H groups in total. The van der Waals surface area contributed by atoms with Crippen LogP contribution in [0.1, 0.15) is 12.8 Å². The Bertz CT molecular complexity index is 433. The minimum absolute atomic E-state index is 0.0407. The molecule has 116 valence electrons. The first-order valence-electron chi connectivity index (χ1n) is 7.07. The zero-order valence-electron chi connectivity index (χ0n) is 11.8. The highest BCUT2D eigenvalue weighted by molar-refractivity contribution is 6.40. The van der Waals surface area contributed by atoms with E-state index in [9.17, 15) is 9.90 Å². The number of nitrogens with zero attached hydrogens (tertiary/aromatic N) is 3.